The van der Waals surface area contributed by atoms with Gasteiger partial charge >= 0.3 is 0 Å². The van der Waals surface area contributed by atoms with Gasteiger partial charge in [-0.2, -0.15) is 0 Å². The first-order valence-electron chi connectivity index (χ1n) is 6.89. The van der Waals surface area contributed by atoms with E-state index in [-0.39, 0.29) is 5.56 Å². The first-order valence-corrected chi connectivity index (χ1v) is 6.89. The monoisotopic (exact) mass is 250 g/mol. The summed E-state index contributed by atoms with van der Waals surface area (Å²) in [5.41, 5.74) is 1.11. The zero-order valence-electron chi connectivity index (χ0n) is 12.1. The molecular weight excluding hydrogens is 224 g/mol. The van der Waals surface area contributed by atoms with Crippen LogP contribution in [0.15, 0.2) is 23.1 Å². The maximum atomic E-state index is 11.7. The van der Waals surface area contributed by atoms with Gasteiger partial charge in [-0.15, -0.1) is 0 Å². The minimum atomic E-state index is 0.0895. The molecule has 0 bridgehead atoms. The molecule has 0 radical (unpaired) electrons. The van der Waals surface area contributed by atoms with Gasteiger partial charge < -0.3 is 9.88 Å². The molecule has 0 spiro atoms. The summed E-state index contributed by atoms with van der Waals surface area (Å²) in [4.78, 5) is 11.7. The van der Waals surface area contributed by atoms with Crippen LogP contribution in [-0.4, -0.2) is 17.2 Å². The third-order valence-electron chi connectivity index (χ3n) is 3.17. The van der Waals surface area contributed by atoms with Gasteiger partial charge in [0, 0.05) is 31.4 Å². The molecule has 102 valence electrons. The predicted molar refractivity (Wildman–Crippen MR) is 77.0 cm³/mol. The van der Waals surface area contributed by atoms with E-state index in [1.807, 2.05) is 19.2 Å². The molecule has 0 aliphatic rings. The van der Waals surface area contributed by atoms with E-state index in [1.165, 1.54) is 12.8 Å². The molecule has 0 aliphatic heterocycles. The molecule has 1 heterocycles. The summed E-state index contributed by atoms with van der Waals surface area (Å²) in [6.07, 6.45) is 4.32. The number of hydrogen-bond acceptors (Lipinski definition) is 2. The van der Waals surface area contributed by atoms with Gasteiger partial charge in [-0.05, 0) is 44.2 Å². The van der Waals surface area contributed by atoms with Crippen molar-refractivity contribution in [2.24, 2.45) is 5.92 Å². The molecule has 0 saturated carbocycles. The molecule has 1 unspecified atom stereocenters. The van der Waals surface area contributed by atoms with Gasteiger partial charge in [0.05, 0.1) is 0 Å². The lowest BCUT2D eigenvalue weighted by Gasteiger charge is -2.15. The summed E-state index contributed by atoms with van der Waals surface area (Å²) in [5, 5.41) is 3.47. The Kier molecular flexibility index (Phi) is 6.13. The molecule has 1 rings (SSSR count). The molecule has 3 heteroatoms. The quantitative estimate of drug-likeness (QED) is 0.807. The van der Waals surface area contributed by atoms with E-state index in [1.54, 1.807) is 10.6 Å². The van der Waals surface area contributed by atoms with E-state index in [9.17, 15) is 4.79 Å². The van der Waals surface area contributed by atoms with Gasteiger partial charge in [-0.1, -0.05) is 13.8 Å². The van der Waals surface area contributed by atoms with Gasteiger partial charge in [0.1, 0.15) is 0 Å². The van der Waals surface area contributed by atoms with Gasteiger partial charge in [0.15, 0.2) is 0 Å². The summed E-state index contributed by atoms with van der Waals surface area (Å²) in [5.74, 6) is 0.758. The van der Waals surface area contributed by atoms with Crippen molar-refractivity contribution in [2.75, 3.05) is 6.54 Å². The van der Waals surface area contributed by atoms with Gasteiger partial charge in [0.2, 0.25) is 0 Å². The molecule has 0 amide bonds. The highest BCUT2D eigenvalue weighted by molar-refractivity contribution is 5.07. The number of aryl methyl sites for hydroxylation is 1. The molecule has 1 atom stereocenters. The third kappa shape index (κ3) is 5.50. The molecular formula is C15H26N2O. The molecule has 18 heavy (non-hydrogen) atoms. The molecule has 1 aromatic rings. The van der Waals surface area contributed by atoms with Crippen molar-refractivity contribution in [3.05, 3.63) is 34.2 Å². The lowest BCUT2D eigenvalue weighted by Crippen LogP contribution is -2.32. The molecule has 1 aromatic heterocycles. The van der Waals surface area contributed by atoms with Crippen molar-refractivity contribution < 1.29 is 0 Å². The topological polar surface area (TPSA) is 34.0 Å². The highest BCUT2D eigenvalue weighted by Gasteiger charge is 2.03. The fraction of sp³-hybridized carbons (Fsp3) is 0.667. The van der Waals surface area contributed by atoms with Crippen LogP contribution in [-0.2, 0) is 6.54 Å². The minimum absolute atomic E-state index is 0.0895. The summed E-state index contributed by atoms with van der Waals surface area (Å²) < 4.78 is 1.76. The van der Waals surface area contributed by atoms with E-state index in [4.69, 9.17) is 0 Å². The highest BCUT2D eigenvalue weighted by Crippen LogP contribution is 2.05. The summed E-state index contributed by atoms with van der Waals surface area (Å²) >= 11 is 0. The normalized spacial score (nSPS) is 12.9. The number of nitrogens with zero attached hydrogens (tertiary/aromatic N) is 1. The minimum Gasteiger partial charge on any atom is -0.314 e. The van der Waals surface area contributed by atoms with Crippen molar-refractivity contribution >= 4 is 0 Å². The lowest BCUT2D eigenvalue weighted by molar-refractivity contribution is 0.439. The SMILES string of the molecule is Cc1ccn(CCNC(C)CCC(C)C)c(=O)c1. The van der Waals surface area contributed by atoms with E-state index in [0.29, 0.717) is 6.04 Å². The largest absolute Gasteiger partial charge is 0.314 e. The number of nitrogens with one attached hydrogen (secondary N) is 1. The molecule has 0 fully saturated rings. The molecule has 0 saturated heterocycles. The Morgan fingerprint density at radius 2 is 2.00 bits per heavy atom. The Morgan fingerprint density at radius 3 is 2.61 bits per heavy atom. The average Bonchev–Trinajstić information content (AvgIpc) is 2.29. The maximum absolute atomic E-state index is 11.7. The van der Waals surface area contributed by atoms with E-state index >= 15 is 0 Å². The number of pyridine rings is 1. The molecule has 1 N–H and O–H groups in total. The van der Waals surface area contributed by atoms with Crippen molar-refractivity contribution in [1.82, 2.24) is 9.88 Å². The smallest absolute Gasteiger partial charge is 0.250 e. The second-order valence-corrected chi connectivity index (χ2v) is 5.56. The summed E-state index contributed by atoms with van der Waals surface area (Å²) in [6, 6.07) is 4.18. The Hall–Kier alpha value is -1.09. The Labute approximate surface area is 110 Å². The number of rotatable bonds is 7. The van der Waals surface area contributed by atoms with Crippen molar-refractivity contribution in [2.45, 2.75) is 53.1 Å². The molecule has 3 nitrogen and oxygen atoms in total. The van der Waals surface area contributed by atoms with Crippen molar-refractivity contribution in [3.8, 4) is 0 Å². The van der Waals surface area contributed by atoms with Gasteiger partial charge in [-0.3, -0.25) is 4.79 Å². The van der Waals surface area contributed by atoms with Crippen LogP contribution in [0.5, 0.6) is 0 Å². The Balaban J connectivity index is 2.31. The van der Waals surface area contributed by atoms with Crippen LogP contribution in [0.3, 0.4) is 0 Å². The Bertz CT molecular complexity index is 409. The van der Waals surface area contributed by atoms with Crippen molar-refractivity contribution in [3.63, 3.8) is 0 Å². The van der Waals surface area contributed by atoms with Crippen LogP contribution in [0.4, 0.5) is 0 Å². The van der Waals surface area contributed by atoms with Gasteiger partial charge in [0.25, 0.3) is 5.56 Å². The van der Waals surface area contributed by atoms with Crippen LogP contribution in [0.25, 0.3) is 0 Å². The summed E-state index contributed by atoms with van der Waals surface area (Å²) in [7, 11) is 0. The van der Waals surface area contributed by atoms with E-state index in [2.05, 4.69) is 26.1 Å². The third-order valence-corrected chi connectivity index (χ3v) is 3.17. The van der Waals surface area contributed by atoms with Crippen LogP contribution in [0.1, 0.15) is 39.2 Å². The fourth-order valence-electron chi connectivity index (χ4n) is 1.91. The molecule has 0 aromatic carbocycles. The summed E-state index contributed by atoms with van der Waals surface area (Å²) in [6.45, 7) is 10.2. The first-order chi connectivity index (χ1) is 8.49. The second kappa shape index (κ2) is 7.37. The first kappa shape index (κ1) is 15.0. The Morgan fingerprint density at radius 1 is 1.28 bits per heavy atom. The van der Waals surface area contributed by atoms with E-state index < -0.39 is 0 Å². The number of aromatic nitrogens is 1. The highest BCUT2D eigenvalue weighted by atomic mass is 16.1. The van der Waals surface area contributed by atoms with E-state index in [0.717, 1.165) is 24.6 Å². The zero-order chi connectivity index (χ0) is 13.5. The molecule has 0 aliphatic carbocycles. The fourth-order valence-corrected chi connectivity index (χ4v) is 1.91. The maximum Gasteiger partial charge on any atom is 0.250 e. The van der Waals surface area contributed by atoms with Crippen LogP contribution < -0.4 is 10.9 Å². The number of hydrogen-bond donors (Lipinski definition) is 1. The van der Waals surface area contributed by atoms with Crippen LogP contribution >= 0.6 is 0 Å². The average molecular weight is 250 g/mol. The lowest BCUT2D eigenvalue weighted by atomic mass is 10.0. The van der Waals surface area contributed by atoms with Gasteiger partial charge in [-0.25, -0.2) is 0 Å². The standard InChI is InChI=1S/C15H26N2O/c1-12(2)5-6-14(4)16-8-10-17-9-7-13(3)11-15(17)18/h7,9,11-12,14,16H,5-6,8,10H2,1-4H3. The van der Waals surface area contributed by atoms with Crippen LogP contribution in [0, 0.1) is 12.8 Å². The van der Waals surface area contributed by atoms with Crippen molar-refractivity contribution in [1.29, 1.82) is 0 Å². The van der Waals surface area contributed by atoms with Crippen LogP contribution in [0.2, 0.25) is 0 Å². The predicted octanol–water partition coefficient (Wildman–Crippen LogP) is 2.57. The second-order valence-electron chi connectivity index (χ2n) is 5.56. The zero-order valence-corrected chi connectivity index (χ0v) is 12.1.